The summed E-state index contributed by atoms with van der Waals surface area (Å²) in [5.74, 6) is -0.611. The Bertz CT molecular complexity index is 446. The van der Waals surface area contributed by atoms with Crippen molar-refractivity contribution in [1.29, 1.82) is 0 Å². The second kappa shape index (κ2) is 7.65. The largest absolute Gasteiger partial charge is 0.462 e. The summed E-state index contributed by atoms with van der Waals surface area (Å²) < 4.78 is 5.08. The zero-order chi connectivity index (χ0) is 15.1. The SMILES string of the molecule is CC(COC(=O)C(N)C(C)C)NC(=O)c1ccccc1. The Morgan fingerprint density at radius 2 is 1.80 bits per heavy atom. The van der Waals surface area contributed by atoms with Crippen LogP contribution in [0.25, 0.3) is 0 Å². The van der Waals surface area contributed by atoms with Crippen molar-refractivity contribution < 1.29 is 14.3 Å². The number of carbonyl (C=O) groups excluding carboxylic acids is 2. The Morgan fingerprint density at radius 3 is 2.35 bits per heavy atom. The van der Waals surface area contributed by atoms with Gasteiger partial charge >= 0.3 is 5.97 Å². The number of hydrogen-bond acceptors (Lipinski definition) is 4. The average Bonchev–Trinajstić information content (AvgIpc) is 2.44. The Hall–Kier alpha value is -1.88. The second-order valence-corrected chi connectivity index (χ2v) is 5.14. The molecule has 0 aliphatic rings. The van der Waals surface area contributed by atoms with Crippen molar-refractivity contribution in [2.24, 2.45) is 11.7 Å². The molecule has 0 fully saturated rings. The molecule has 3 N–H and O–H groups in total. The Balaban J connectivity index is 2.39. The van der Waals surface area contributed by atoms with Gasteiger partial charge in [-0.2, -0.15) is 0 Å². The summed E-state index contributed by atoms with van der Waals surface area (Å²) in [5, 5.41) is 2.76. The fourth-order valence-electron chi connectivity index (χ4n) is 1.51. The maximum Gasteiger partial charge on any atom is 0.323 e. The molecule has 20 heavy (non-hydrogen) atoms. The topological polar surface area (TPSA) is 81.4 Å². The first kappa shape index (κ1) is 16.2. The maximum atomic E-state index is 11.9. The van der Waals surface area contributed by atoms with Crippen molar-refractivity contribution in [2.45, 2.75) is 32.9 Å². The van der Waals surface area contributed by atoms with Crippen LogP contribution in [0, 0.1) is 5.92 Å². The molecule has 2 atom stereocenters. The van der Waals surface area contributed by atoms with E-state index in [9.17, 15) is 9.59 Å². The van der Waals surface area contributed by atoms with Gasteiger partial charge in [0.15, 0.2) is 0 Å². The van der Waals surface area contributed by atoms with E-state index in [-0.39, 0.29) is 24.5 Å². The summed E-state index contributed by atoms with van der Waals surface area (Å²) >= 11 is 0. The van der Waals surface area contributed by atoms with E-state index >= 15 is 0 Å². The highest BCUT2D eigenvalue weighted by molar-refractivity contribution is 5.94. The predicted molar refractivity (Wildman–Crippen MR) is 77.1 cm³/mol. The van der Waals surface area contributed by atoms with E-state index < -0.39 is 12.0 Å². The van der Waals surface area contributed by atoms with Crippen molar-refractivity contribution in [3.8, 4) is 0 Å². The van der Waals surface area contributed by atoms with E-state index in [0.717, 1.165) is 0 Å². The fraction of sp³-hybridized carbons (Fsp3) is 0.467. The van der Waals surface area contributed by atoms with Crippen LogP contribution < -0.4 is 11.1 Å². The Morgan fingerprint density at radius 1 is 1.20 bits per heavy atom. The van der Waals surface area contributed by atoms with Crippen molar-refractivity contribution in [2.75, 3.05) is 6.61 Å². The summed E-state index contributed by atoms with van der Waals surface area (Å²) in [5.41, 5.74) is 6.25. The fourth-order valence-corrected chi connectivity index (χ4v) is 1.51. The Kier molecular flexibility index (Phi) is 6.18. The van der Waals surface area contributed by atoms with E-state index in [1.54, 1.807) is 31.2 Å². The van der Waals surface area contributed by atoms with Crippen LogP contribution in [0.3, 0.4) is 0 Å². The summed E-state index contributed by atoms with van der Waals surface area (Å²) in [6.07, 6.45) is 0. The van der Waals surface area contributed by atoms with Gasteiger partial charge in [0.25, 0.3) is 5.91 Å². The number of rotatable bonds is 6. The Labute approximate surface area is 119 Å². The highest BCUT2D eigenvalue weighted by Crippen LogP contribution is 2.02. The van der Waals surface area contributed by atoms with Crippen molar-refractivity contribution in [1.82, 2.24) is 5.32 Å². The lowest BCUT2D eigenvalue weighted by Crippen LogP contribution is -2.41. The zero-order valence-corrected chi connectivity index (χ0v) is 12.1. The number of carbonyl (C=O) groups is 2. The van der Waals surface area contributed by atoms with Gasteiger partial charge in [0.05, 0.1) is 6.04 Å². The molecule has 0 heterocycles. The monoisotopic (exact) mass is 278 g/mol. The molecule has 0 aliphatic heterocycles. The molecule has 0 saturated heterocycles. The van der Waals surface area contributed by atoms with Crippen molar-refractivity contribution in [3.63, 3.8) is 0 Å². The lowest BCUT2D eigenvalue weighted by Gasteiger charge is -2.18. The number of ether oxygens (including phenoxy) is 1. The molecule has 2 unspecified atom stereocenters. The normalized spacial score (nSPS) is 13.7. The van der Waals surface area contributed by atoms with Gasteiger partial charge in [-0.1, -0.05) is 32.0 Å². The van der Waals surface area contributed by atoms with E-state index in [1.807, 2.05) is 19.9 Å². The van der Waals surface area contributed by atoms with Crippen LogP contribution in [-0.2, 0) is 9.53 Å². The second-order valence-electron chi connectivity index (χ2n) is 5.14. The number of nitrogens with two attached hydrogens (primary N) is 1. The standard InChI is InChI=1S/C15H22N2O3/c1-10(2)13(16)15(19)20-9-11(3)17-14(18)12-7-5-4-6-8-12/h4-8,10-11,13H,9,16H2,1-3H3,(H,17,18). The van der Waals surface area contributed by atoms with Crippen molar-refractivity contribution in [3.05, 3.63) is 35.9 Å². The molecule has 0 saturated carbocycles. The van der Waals surface area contributed by atoms with Gasteiger partial charge in [0.1, 0.15) is 12.6 Å². The first-order chi connectivity index (χ1) is 9.41. The minimum absolute atomic E-state index is 0.0247. The molecule has 110 valence electrons. The number of hydrogen-bond donors (Lipinski definition) is 2. The first-order valence-corrected chi connectivity index (χ1v) is 6.70. The van der Waals surface area contributed by atoms with Gasteiger partial charge in [0, 0.05) is 5.56 Å². The lowest BCUT2D eigenvalue weighted by molar-refractivity contribution is -0.146. The molecule has 0 aromatic heterocycles. The number of amides is 1. The number of benzene rings is 1. The molecule has 0 aliphatic carbocycles. The predicted octanol–water partition coefficient (Wildman–Crippen LogP) is 1.33. The molecule has 0 bridgehead atoms. The quantitative estimate of drug-likeness (QED) is 0.769. The minimum Gasteiger partial charge on any atom is -0.462 e. The highest BCUT2D eigenvalue weighted by Gasteiger charge is 2.20. The molecule has 1 rings (SSSR count). The summed E-state index contributed by atoms with van der Waals surface area (Å²) in [6, 6.07) is 7.97. The van der Waals surface area contributed by atoms with Crippen LogP contribution in [0.1, 0.15) is 31.1 Å². The molecular formula is C15H22N2O3. The summed E-state index contributed by atoms with van der Waals surface area (Å²) in [6.45, 7) is 5.59. The summed E-state index contributed by atoms with van der Waals surface area (Å²) in [7, 11) is 0. The van der Waals surface area contributed by atoms with Gasteiger partial charge in [0.2, 0.25) is 0 Å². The summed E-state index contributed by atoms with van der Waals surface area (Å²) in [4.78, 5) is 23.5. The lowest BCUT2D eigenvalue weighted by atomic mass is 10.1. The van der Waals surface area contributed by atoms with Crippen LogP contribution in [0.4, 0.5) is 0 Å². The van der Waals surface area contributed by atoms with Crippen LogP contribution in [0.15, 0.2) is 30.3 Å². The van der Waals surface area contributed by atoms with Crippen LogP contribution in [0.2, 0.25) is 0 Å². The highest BCUT2D eigenvalue weighted by atomic mass is 16.5. The molecule has 5 heteroatoms. The molecule has 1 amide bonds. The zero-order valence-electron chi connectivity index (χ0n) is 12.1. The molecular weight excluding hydrogens is 256 g/mol. The van der Waals surface area contributed by atoms with Crippen LogP contribution in [-0.4, -0.2) is 30.6 Å². The van der Waals surface area contributed by atoms with Gasteiger partial charge < -0.3 is 15.8 Å². The smallest absolute Gasteiger partial charge is 0.323 e. The molecule has 0 spiro atoms. The van der Waals surface area contributed by atoms with Gasteiger partial charge in [-0.25, -0.2) is 0 Å². The van der Waals surface area contributed by atoms with Crippen LogP contribution >= 0.6 is 0 Å². The third kappa shape index (κ3) is 5.01. The molecule has 1 aromatic rings. The third-order valence-electron chi connectivity index (χ3n) is 2.88. The molecule has 5 nitrogen and oxygen atoms in total. The molecule has 0 radical (unpaired) electrons. The van der Waals surface area contributed by atoms with Gasteiger partial charge in [-0.3, -0.25) is 9.59 Å². The van der Waals surface area contributed by atoms with E-state index in [1.165, 1.54) is 0 Å². The first-order valence-electron chi connectivity index (χ1n) is 6.70. The maximum absolute atomic E-state index is 11.9. The number of nitrogens with one attached hydrogen (secondary N) is 1. The van der Waals surface area contributed by atoms with Crippen molar-refractivity contribution >= 4 is 11.9 Å². The van der Waals surface area contributed by atoms with Gasteiger partial charge in [-0.05, 0) is 25.0 Å². The molecule has 1 aromatic carbocycles. The third-order valence-corrected chi connectivity index (χ3v) is 2.88. The van der Waals surface area contributed by atoms with E-state index in [2.05, 4.69) is 5.32 Å². The van der Waals surface area contributed by atoms with E-state index in [0.29, 0.717) is 5.56 Å². The average molecular weight is 278 g/mol. The van der Waals surface area contributed by atoms with Gasteiger partial charge in [-0.15, -0.1) is 0 Å². The minimum atomic E-state index is -0.632. The number of esters is 1. The van der Waals surface area contributed by atoms with E-state index in [4.69, 9.17) is 10.5 Å². The van der Waals surface area contributed by atoms with Crippen LogP contribution in [0.5, 0.6) is 0 Å².